The van der Waals surface area contributed by atoms with E-state index in [1.54, 1.807) is 0 Å². The minimum absolute atomic E-state index is 0.107. The zero-order valence-electron chi connectivity index (χ0n) is 6.41. The van der Waals surface area contributed by atoms with Crippen LogP contribution in [0.2, 0.25) is 0 Å². The summed E-state index contributed by atoms with van der Waals surface area (Å²) >= 11 is 3.15. The number of rotatable bonds is 1. The lowest BCUT2D eigenvalue weighted by Crippen LogP contribution is -1.93. The van der Waals surface area contributed by atoms with Crippen LogP contribution in [0.25, 0.3) is 0 Å². The summed E-state index contributed by atoms with van der Waals surface area (Å²) in [6, 6.07) is 1.36. The number of benzene rings is 1. The molecule has 4 nitrogen and oxygen atoms in total. The molecule has 13 heavy (non-hydrogen) atoms. The minimum atomic E-state index is -0.119. The van der Waals surface area contributed by atoms with Crippen molar-refractivity contribution in [3.05, 3.63) is 16.1 Å². The normalized spacial score (nSPS) is 13.0. The molecule has 0 saturated carbocycles. The van der Waals surface area contributed by atoms with E-state index in [0.29, 0.717) is 22.3 Å². The first kappa shape index (κ1) is 8.37. The van der Waals surface area contributed by atoms with E-state index in [0.717, 1.165) is 0 Å². The lowest BCUT2D eigenvalue weighted by Gasteiger charge is -2.03. The van der Waals surface area contributed by atoms with Crippen molar-refractivity contribution in [3.8, 4) is 17.2 Å². The van der Waals surface area contributed by atoms with E-state index in [-0.39, 0.29) is 18.1 Å². The fourth-order valence-electron chi connectivity index (χ4n) is 1.12. The van der Waals surface area contributed by atoms with Gasteiger partial charge in [0.05, 0.1) is 10.0 Å². The van der Waals surface area contributed by atoms with Crippen LogP contribution >= 0.6 is 15.9 Å². The second-order valence-electron chi connectivity index (χ2n) is 2.47. The van der Waals surface area contributed by atoms with Crippen LogP contribution in [0.1, 0.15) is 10.4 Å². The maximum Gasteiger partial charge on any atom is 0.231 e. The molecular formula is C8H5BrO4. The van der Waals surface area contributed by atoms with Gasteiger partial charge < -0.3 is 14.6 Å². The van der Waals surface area contributed by atoms with Gasteiger partial charge in [0.15, 0.2) is 17.8 Å². The molecular weight excluding hydrogens is 240 g/mol. The predicted octanol–water partition coefficient (Wildman–Crippen LogP) is 1.70. The van der Waals surface area contributed by atoms with E-state index >= 15 is 0 Å². The second kappa shape index (κ2) is 2.92. The minimum Gasteiger partial charge on any atom is -0.507 e. The lowest BCUT2D eigenvalue weighted by molar-refractivity contribution is 0.111. The molecule has 68 valence electrons. The fraction of sp³-hybridized carbons (Fsp3) is 0.125. The number of carbonyl (C=O) groups excluding carboxylic acids is 1. The second-order valence-corrected chi connectivity index (χ2v) is 3.27. The van der Waals surface area contributed by atoms with E-state index in [1.807, 2.05) is 0 Å². The van der Waals surface area contributed by atoms with Crippen LogP contribution in [0.4, 0.5) is 0 Å². The van der Waals surface area contributed by atoms with Crippen LogP contribution in [0, 0.1) is 0 Å². The first-order valence-electron chi connectivity index (χ1n) is 3.50. The fourth-order valence-corrected chi connectivity index (χ4v) is 1.72. The SMILES string of the molecule is O=Cc1c(O)cc2c(c1Br)OCO2. The average Bonchev–Trinajstić information content (AvgIpc) is 2.53. The molecule has 0 radical (unpaired) electrons. The van der Waals surface area contributed by atoms with Crippen molar-refractivity contribution in [1.82, 2.24) is 0 Å². The molecule has 5 heteroatoms. The Morgan fingerprint density at radius 1 is 1.54 bits per heavy atom. The van der Waals surface area contributed by atoms with Gasteiger partial charge in [-0.2, -0.15) is 0 Å². The van der Waals surface area contributed by atoms with E-state index in [2.05, 4.69) is 15.9 Å². The first-order chi connectivity index (χ1) is 6.24. The standard InChI is InChI=1S/C8H5BrO4/c9-7-4(2-10)5(11)1-6-8(7)13-3-12-6/h1-2,11H,3H2. The average molecular weight is 245 g/mol. The molecule has 0 aromatic heterocycles. The van der Waals surface area contributed by atoms with Gasteiger partial charge in [-0.3, -0.25) is 4.79 Å². The third-order valence-electron chi connectivity index (χ3n) is 1.74. The molecule has 1 aromatic rings. The number of hydrogen-bond donors (Lipinski definition) is 1. The maximum atomic E-state index is 10.6. The summed E-state index contributed by atoms with van der Waals surface area (Å²) in [7, 11) is 0. The van der Waals surface area contributed by atoms with Crippen LogP contribution < -0.4 is 9.47 Å². The van der Waals surface area contributed by atoms with Crippen molar-refractivity contribution in [2.75, 3.05) is 6.79 Å². The lowest BCUT2D eigenvalue weighted by atomic mass is 10.2. The molecule has 1 aliphatic rings. The number of fused-ring (bicyclic) bond motifs is 1. The Kier molecular flexibility index (Phi) is 1.88. The van der Waals surface area contributed by atoms with Crippen LogP contribution in [0.5, 0.6) is 17.2 Å². The van der Waals surface area contributed by atoms with Gasteiger partial charge in [0.2, 0.25) is 6.79 Å². The predicted molar refractivity (Wildman–Crippen MR) is 47.3 cm³/mol. The molecule has 0 amide bonds. The topological polar surface area (TPSA) is 55.8 Å². The van der Waals surface area contributed by atoms with Crippen molar-refractivity contribution in [1.29, 1.82) is 0 Å². The highest BCUT2D eigenvalue weighted by Crippen LogP contribution is 2.44. The largest absolute Gasteiger partial charge is 0.507 e. The Bertz CT molecular complexity index is 375. The smallest absolute Gasteiger partial charge is 0.231 e. The monoisotopic (exact) mass is 244 g/mol. The Hall–Kier alpha value is -1.23. The zero-order chi connectivity index (χ0) is 9.42. The van der Waals surface area contributed by atoms with Gasteiger partial charge in [0, 0.05) is 6.07 Å². The van der Waals surface area contributed by atoms with E-state index < -0.39 is 0 Å². The van der Waals surface area contributed by atoms with Crippen molar-refractivity contribution in [2.24, 2.45) is 0 Å². The Morgan fingerprint density at radius 2 is 2.31 bits per heavy atom. The third-order valence-corrected chi connectivity index (χ3v) is 2.53. The highest BCUT2D eigenvalue weighted by atomic mass is 79.9. The van der Waals surface area contributed by atoms with Gasteiger partial charge in [0.25, 0.3) is 0 Å². The molecule has 2 rings (SSSR count). The highest BCUT2D eigenvalue weighted by Gasteiger charge is 2.22. The molecule has 0 bridgehead atoms. The van der Waals surface area contributed by atoms with Crippen molar-refractivity contribution in [2.45, 2.75) is 0 Å². The van der Waals surface area contributed by atoms with Crippen LogP contribution in [-0.2, 0) is 0 Å². The quantitative estimate of drug-likeness (QED) is 0.765. The van der Waals surface area contributed by atoms with Crippen molar-refractivity contribution in [3.63, 3.8) is 0 Å². The number of phenols is 1. The molecule has 0 aliphatic carbocycles. The van der Waals surface area contributed by atoms with E-state index in [1.165, 1.54) is 6.07 Å². The molecule has 1 aliphatic heterocycles. The Morgan fingerprint density at radius 3 is 3.00 bits per heavy atom. The molecule has 1 aromatic carbocycles. The number of aromatic hydroxyl groups is 1. The number of carbonyl (C=O) groups is 1. The number of halogens is 1. The summed E-state index contributed by atoms with van der Waals surface area (Å²) in [5.74, 6) is 0.779. The summed E-state index contributed by atoms with van der Waals surface area (Å²) in [4.78, 5) is 10.6. The van der Waals surface area contributed by atoms with Crippen LogP contribution in [0.3, 0.4) is 0 Å². The molecule has 1 heterocycles. The van der Waals surface area contributed by atoms with Crippen LogP contribution in [0.15, 0.2) is 10.5 Å². The van der Waals surface area contributed by atoms with Gasteiger partial charge in [-0.05, 0) is 15.9 Å². The summed E-state index contributed by atoms with van der Waals surface area (Å²) in [6.45, 7) is 0.107. The maximum absolute atomic E-state index is 10.6. The molecule has 0 spiro atoms. The van der Waals surface area contributed by atoms with Gasteiger partial charge in [-0.15, -0.1) is 0 Å². The molecule has 0 fully saturated rings. The molecule has 0 saturated heterocycles. The van der Waals surface area contributed by atoms with Crippen molar-refractivity contribution < 1.29 is 19.4 Å². The number of hydrogen-bond acceptors (Lipinski definition) is 4. The number of aldehydes is 1. The highest BCUT2D eigenvalue weighted by molar-refractivity contribution is 9.10. The summed E-state index contributed by atoms with van der Waals surface area (Å²) in [5, 5.41) is 9.36. The first-order valence-corrected chi connectivity index (χ1v) is 4.29. The van der Waals surface area contributed by atoms with Gasteiger partial charge in [-0.1, -0.05) is 0 Å². The molecule has 0 atom stereocenters. The van der Waals surface area contributed by atoms with Crippen molar-refractivity contribution >= 4 is 22.2 Å². The van der Waals surface area contributed by atoms with Gasteiger partial charge in [-0.25, -0.2) is 0 Å². The van der Waals surface area contributed by atoms with E-state index in [4.69, 9.17) is 9.47 Å². The van der Waals surface area contributed by atoms with Gasteiger partial charge >= 0.3 is 0 Å². The van der Waals surface area contributed by atoms with E-state index in [9.17, 15) is 9.90 Å². The Labute approximate surface area is 82.2 Å². The summed E-state index contributed by atoms with van der Waals surface area (Å²) in [6.07, 6.45) is 0.557. The van der Waals surface area contributed by atoms with Gasteiger partial charge in [0.1, 0.15) is 5.75 Å². The molecule has 1 N–H and O–H groups in total. The zero-order valence-corrected chi connectivity index (χ0v) is 8.00. The van der Waals surface area contributed by atoms with Crippen LogP contribution in [-0.4, -0.2) is 18.2 Å². The number of ether oxygens (including phenoxy) is 2. The third kappa shape index (κ3) is 1.16. The summed E-state index contributed by atoms with van der Waals surface area (Å²) in [5.41, 5.74) is 0.171. The Balaban J connectivity index is 2.69. The number of phenolic OH excluding ortho intramolecular Hbond substituents is 1. The summed E-state index contributed by atoms with van der Waals surface area (Å²) < 4.78 is 10.5. The molecule has 0 unspecified atom stereocenters.